The molecule has 0 spiro atoms. The second kappa shape index (κ2) is 10.1. The minimum atomic E-state index is 1.12. The molecule has 0 radical (unpaired) electrons. The molecule has 150 valence electrons. The normalized spacial score (nSPS) is 11.4. The fourth-order valence-corrected chi connectivity index (χ4v) is 4.39. The third-order valence-electron chi connectivity index (χ3n) is 5.16. The van der Waals surface area contributed by atoms with Crippen LogP contribution in [0.4, 0.5) is 17.1 Å². The Kier molecular flexibility index (Phi) is 6.79. The van der Waals surface area contributed by atoms with E-state index in [1.807, 2.05) is 11.3 Å². The number of nitrogens with zero attached hydrogens (tertiary/aromatic N) is 1. The van der Waals surface area contributed by atoms with Crippen molar-refractivity contribution in [1.82, 2.24) is 0 Å². The maximum Gasteiger partial charge on any atom is 0.0462 e. The van der Waals surface area contributed by atoms with Crippen LogP contribution in [0.3, 0.4) is 0 Å². The van der Waals surface area contributed by atoms with Crippen LogP contribution in [0.5, 0.6) is 0 Å². The maximum absolute atomic E-state index is 2.35. The summed E-state index contributed by atoms with van der Waals surface area (Å²) in [4.78, 5) is 3.67. The van der Waals surface area contributed by atoms with Gasteiger partial charge >= 0.3 is 0 Å². The Morgan fingerprint density at radius 2 is 1.33 bits per heavy atom. The van der Waals surface area contributed by atoms with E-state index >= 15 is 0 Å². The molecule has 0 atom stereocenters. The van der Waals surface area contributed by atoms with Gasteiger partial charge in [-0.1, -0.05) is 74.0 Å². The Labute approximate surface area is 184 Å². The number of benzene rings is 3. The molecule has 0 N–H and O–H groups in total. The van der Waals surface area contributed by atoms with Gasteiger partial charge in [-0.25, -0.2) is 0 Å². The number of unbranched alkanes of at least 4 members (excludes halogenated alkanes) is 1. The van der Waals surface area contributed by atoms with Gasteiger partial charge in [0.15, 0.2) is 0 Å². The molecule has 4 rings (SSSR count). The van der Waals surface area contributed by atoms with E-state index in [4.69, 9.17) is 0 Å². The monoisotopic (exact) mass is 409 g/mol. The molecule has 1 heterocycles. The average Bonchev–Trinajstić information content (AvgIpc) is 3.34. The molecule has 0 aliphatic rings. The zero-order valence-electron chi connectivity index (χ0n) is 17.4. The van der Waals surface area contributed by atoms with E-state index in [2.05, 4.69) is 120 Å². The number of hydrogen-bond donors (Lipinski definition) is 0. The number of rotatable bonds is 8. The molecular weight excluding hydrogens is 382 g/mol. The predicted octanol–water partition coefficient (Wildman–Crippen LogP) is 8.95. The van der Waals surface area contributed by atoms with Gasteiger partial charge in [-0.2, -0.15) is 0 Å². The summed E-state index contributed by atoms with van der Waals surface area (Å²) in [6, 6.07) is 34.3. The Bertz CT molecular complexity index is 1010. The molecule has 0 bridgehead atoms. The number of para-hydroxylation sites is 2. The highest BCUT2D eigenvalue weighted by molar-refractivity contribution is 7.11. The molecule has 0 saturated carbocycles. The van der Waals surface area contributed by atoms with Crippen LogP contribution in [0.1, 0.15) is 36.6 Å². The fourth-order valence-electron chi connectivity index (χ4n) is 3.62. The van der Waals surface area contributed by atoms with Crippen LogP contribution < -0.4 is 4.90 Å². The van der Waals surface area contributed by atoms with Crippen molar-refractivity contribution in [3.63, 3.8) is 0 Å². The lowest BCUT2D eigenvalue weighted by Gasteiger charge is -2.25. The number of anilines is 3. The molecule has 0 fully saturated rings. The van der Waals surface area contributed by atoms with Crippen LogP contribution >= 0.6 is 11.3 Å². The van der Waals surface area contributed by atoms with E-state index in [-0.39, 0.29) is 0 Å². The number of hydrogen-bond acceptors (Lipinski definition) is 2. The van der Waals surface area contributed by atoms with Gasteiger partial charge in [0.1, 0.15) is 0 Å². The third kappa shape index (κ3) is 4.90. The van der Waals surface area contributed by atoms with Crippen molar-refractivity contribution in [2.24, 2.45) is 0 Å². The van der Waals surface area contributed by atoms with Gasteiger partial charge in [0.25, 0.3) is 0 Å². The van der Waals surface area contributed by atoms with Crippen molar-refractivity contribution in [2.45, 2.75) is 26.2 Å². The van der Waals surface area contributed by atoms with Crippen molar-refractivity contribution in [3.05, 3.63) is 113 Å². The first-order chi connectivity index (χ1) is 14.8. The summed E-state index contributed by atoms with van der Waals surface area (Å²) >= 11 is 1.83. The highest BCUT2D eigenvalue weighted by atomic mass is 32.1. The van der Waals surface area contributed by atoms with Gasteiger partial charge in [-0.05, 0) is 71.8 Å². The van der Waals surface area contributed by atoms with Crippen molar-refractivity contribution >= 4 is 40.0 Å². The quantitative estimate of drug-likeness (QED) is 0.281. The molecule has 1 aromatic heterocycles. The largest absolute Gasteiger partial charge is 0.311 e. The molecule has 0 aliphatic heterocycles. The summed E-state index contributed by atoms with van der Waals surface area (Å²) in [5, 5.41) is 2.16. The van der Waals surface area contributed by atoms with E-state index in [0.717, 1.165) is 23.5 Å². The Morgan fingerprint density at radius 1 is 0.733 bits per heavy atom. The van der Waals surface area contributed by atoms with E-state index in [0.29, 0.717) is 0 Å². The zero-order valence-corrected chi connectivity index (χ0v) is 18.2. The fraction of sp³-hybridized carbons (Fsp3) is 0.143. The first kappa shape index (κ1) is 20.2. The smallest absolute Gasteiger partial charge is 0.0462 e. The van der Waals surface area contributed by atoms with Crippen LogP contribution in [-0.2, 0) is 0 Å². The summed E-state index contributed by atoms with van der Waals surface area (Å²) in [5.41, 5.74) is 6.17. The lowest BCUT2D eigenvalue weighted by Crippen LogP contribution is -2.09. The van der Waals surface area contributed by atoms with E-state index in [1.54, 1.807) is 0 Å². The van der Waals surface area contributed by atoms with Gasteiger partial charge in [-0.3, -0.25) is 0 Å². The predicted molar refractivity (Wildman–Crippen MR) is 133 cm³/mol. The molecule has 2 heteroatoms. The van der Waals surface area contributed by atoms with E-state index in [9.17, 15) is 0 Å². The Morgan fingerprint density at radius 3 is 1.87 bits per heavy atom. The molecular formula is C28H27NS. The lowest BCUT2D eigenvalue weighted by molar-refractivity contribution is 0.826. The minimum absolute atomic E-state index is 1.12. The first-order valence-electron chi connectivity index (χ1n) is 10.6. The minimum Gasteiger partial charge on any atom is -0.311 e. The van der Waals surface area contributed by atoms with Gasteiger partial charge in [0.2, 0.25) is 0 Å². The number of thiophene rings is 1. The maximum atomic E-state index is 2.35. The molecule has 1 nitrogen and oxygen atoms in total. The van der Waals surface area contributed by atoms with Crippen LogP contribution in [0.25, 0.3) is 11.6 Å². The van der Waals surface area contributed by atoms with Crippen LogP contribution in [0.15, 0.2) is 102 Å². The second-order valence-electron chi connectivity index (χ2n) is 7.35. The SMILES string of the molecule is CCCC/C(=C\c1ccc(N(c2ccccc2)c2ccccc2)cc1)c1cccs1. The summed E-state index contributed by atoms with van der Waals surface area (Å²) < 4.78 is 0. The van der Waals surface area contributed by atoms with Gasteiger partial charge in [-0.15, -0.1) is 11.3 Å². The topological polar surface area (TPSA) is 3.24 Å². The third-order valence-corrected chi connectivity index (χ3v) is 6.10. The standard InChI is InChI=1S/C28H27NS/c1-2-3-11-24(28-16-10-21-30-28)22-23-17-19-27(20-18-23)29(25-12-6-4-7-13-25)26-14-8-5-9-15-26/h4-10,12-22H,2-3,11H2,1H3/b24-22+. The zero-order chi connectivity index (χ0) is 20.6. The molecule has 30 heavy (non-hydrogen) atoms. The van der Waals surface area contributed by atoms with Gasteiger partial charge in [0, 0.05) is 21.9 Å². The van der Waals surface area contributed by atoms with Crippen molar-refractivity contribution in [3.8, 4) is 0 Å². The second-order valence-corrected chi connectivity index (χ2v) is 8.30. The van der Waals surface area contributed by atoms with Crippen LogP contribution in [0, 0.1) is 0 Å². The van der Waals surface area contributed by atoms with Crippen molar-refractivity contribution < 1.29 is 0 Å². The molecule has 3 aromatic carbocycles. The molecule has 0 amide bonds. The Hall–Kier alpha value is -3.10. The number of allylic oxidation sites excluding steroid dienone is 1. The molecule has 0 saturated heterocycles. The summed E-state index contributed by atoms with van der Waals surface area (Å²) in [6.07, 6.45) is 5.90. The highest BCUT2D eigenvalue weighted by Crippen LogP contribution is 2.35. The van der Waals surface area contributed by atoms with Crippen LogP contribution in [-0.4, -0.2) is 0 Å². The summed E-state index contributed by atoms with van der Waals surface area (Å²) in [6.45, 7) is 2.25. The highest BCUT2D eigenvalue weighted by Gasteiger charge is 2.11. The lowest BCUT2D eigenvalue weighted by atomic mass is 10.0. The van der Waals surface area contributed by atoms with Gasteiger partial charge < -0.3 is 4.90 Å². The molecule has 0 aliphatic carbocycles. The Balaban J connectivity index is 1.67. The van der Waals surface area contributed by atoms with Crippen molar-refractivity contribution in [1.29, 1.82) is 0 Å². The van der Waals surface area contributed by atoms with E-state index < -0.39 is 0 Å². The van der Waals surface area contributed by atoms with Crippen molar-refractivity contribution in [2.75, 3.05) is 4.90 Å². The van der Waals surface area contributed by atoms with Gasteiger partial charge in [0.05, 0.1) is 0 Å². The summed E-state index contributed by atoms with van der Waals surface area (Å²) in [7, 11) is 0. The van der Waals surface area contributed by atoms with E-state index in [1.165, 1.54) is 28.9 Å². The molecule has 4 aromatic rings. The molecule has 0 unspecified atom stereocenters. The average molecular weight is 410 g/mol. The summed E-state index contributed by atoms with van der Waals surface area (Å²) in [5.74, 6) is 0. The first-order valence-corrected chi connectivity index (χ1v) is 11.5. The van der Waals surface area contributed by atoms with Crippen LogP contribution in [0.2, 0.25) is 0 Å².